The van der Waals surface area contributed by atoms with Gasteiger partial charge in [-0.2, -0.15) is 0 Å². The Morgan fingerprint density at radius 2 is 1.84 bits per heavy atom. The molecule has 0 radical (unpaired) electrons. The van der Waals surface area contributed by atoms with E-state index in [-0.39, 0.29) is 0 Å². The molecular weight excluding hydrogens is 228 g/mol. The van der Waals surface area contributed by atoms with E-state index >= 15 is 0 Å². The summed E-state index contributed by atoms with van der Waals surface area (Å²) in [4.78, 5) is 0. The number of hydrogen-bond donors (Lipinski definition) is 0. The van der Waals surface area contributed by atoms with Crippen LogP contribution in [0.25, 0.3) is 0 Å². The normalized spacial score (nSPS) is 25.9. The van der Waals surface area contributed by atoms with E-state index in [0.29, 0.717) is 0 Å². The van der Waals surface area contributed by atoms with Crippen molar-refractivity contribution in [1.29, 1.82) is 0 Å². The Bertz CT molecular complexity index is 377. The fraction of sp³-hybridized carbons (Fsp3) is 0.579. The molecule has 0 aromatic carbocycles. The number of hydrogen-bond acceptors (Lipinski definition) is 0. The minimum absolute atomic E-state index is 0.720. The zero-order chi connectivity index (χ0) is 13.5. The van der Waals surface area contributed by atoms with Gasteiger partial charge in [0.05, 0.1) is 0 Å². The summed E-state index contributed by atoms with van der Waals surface area (Å²) in [5.41, 5.74) is 1.67. The second-order valence-electron chi connectivity index (χ2n) is 6.01. The van der Waals surface area contributed by atoms with Crippen molar-refractivity contribution in [3.63, 3.8) is 0 Å². The van der Waals surface area contributed by atoms with Crippen LogP contribution in [-0.2, 0) is 0 Å². The first-order valence-electron chi connectivity index (χ1n) is 8.03. The van der Waals surface area contributed by atoms with Crippen LogP contribution in [0.5, 0.6) is 0 Å². The predicted molar refractivity (Wildman–Crippen MR) is 85.0 cm³/mol. The molecule has 2 rings (SSSR count). The molecule has 19 heavy (non-hydrogen) atoms. The second-order valence-corrected chi connectivity index (χ2v) is 6.01. The summed E-state index contributed by atoms with van der Waals surface area (Å²) in [6, 6.07) is 0. The van der Waals surface area contributed by atoms with Gasteiger partial charge in [0.2, 0.25) is 0 Å². The molecular formula is C19H28. The highest BCUT2D eigenvalue weighted by atomic mass is 14.2. The Hall–Kier alpha value is -1.04. The van der Waals surface area contributed by atoms with Crippen LogP contribution in [0, 0.1) is 17.8 Å². The molecule has 0 fully saturated rings. The van der Waals surface area contributed by atoms with E-state index in [1.807, 2.05) is 0 Å². The maximum absolute atomic E-state index is 2.41. The highest BCUT2D eigenvalue weighted by Crippen LogP contribution is 2.33. The first kappa shape index (κ1) is 14.4. The van der Waals surface area contributed by atoms with E-state index < -0.39 is 0 Å². The SMILES string of the molecule is CCC(CC)CCC1=CC=CC(C2C=CC=CC2)C1. The molecule has 2 aliphatic rings. The van der Waals surface area contributed by atoms with Crippen molar-refractivity contribution in [2.45, 2.75) is 52.4 Å². The van der Waals surface area contributed by atoms with Crippen molar-refractivity contribution >= 4 is 0 Å². The van der Waals surface area contributed by atoms with Gasteiger partial charge in [-0.05, 0) is 43.4 Å². The quantitative estimate of drug-likeness (QED) is 0.560. The molecule has 104 valence electrons. The van der Waals surface area contributed by atoms with Crippen LogP contribution in [-0.4, -0.2) is 0 Å². The average molecular weight is 256 g/mol. The Morgan fingerprint density at radius 1 is 1.05 bits per heavy atom. The minimum atomic E-state index is 0.720. The lowest BCUT2D eigenvalue weighted by Crippen LogP contribution is -2.14. The second kappa shape index (κ2) is 7.53. The molecule has 0 aromatic rings. The Kier molecular flexibility index (Phi) is 5.69. The third-order valence-electron chi connectivity index (χ3n) is 4.78. The van der Waals surface area contributed by atoms with Crippen LogP contribution in [0.15, 0.2) is 48.1 Å². The van der Waals surface area contributed by atoms with Gasteiger partial charge in [0, 0.05) is 0 Å². The van der Waals surface area contributed by atoms with Crippen molar-refractivity contribution in [1.82, 2.24) is 0 Å². The van der Waals surface area contributed by atoms with Crippen molar-refractivity contribution in [3.8, 4) is 0 Å². The van der Waals surface area contributed by atoms with E-state index in [2.05, 4.69) is 56.4 Å². The van der Waals surface area contributed by atoms with E-state index in [1.165, 1.54) is 38.5 Å². The molecule has 0 heteroatoms. The molecule has 2 aliphatic carbocycles. The van der Waals surface area contributed by atoms with Crippen LogP contribution in [0.2, 0.25) is 0 Å². The van der Waals surface area contributed by atoms with Crippen LogP contribution >= 0.6 is 0 Å². The maximum Gasteiger partial charge on any atom is -0.0127 e. The van der Waals surface area contributed by atoms with Gasteiger partial charge < -0.3 is 0 Å². The standard InChI is InChI=1S/C19H28/c1-3-16(4-2)13-14-17-9-8-12-19(15-17)18-10-6-5-7-11-18/h5-10,12,16,18-19H,3-4,11,13-15H2,1-2H3. The smallest absolute Gasteiger partial charge is 0.0127 e. The average Bonchev–Trinajstić information content (AvgIpc) is 2.49. The Morgan fingerprint density at radius 3 is 2.53 bits per heavy atom. The lowest BCUT2D eigenvalue weighted by Gasteiger charge is -2.26. The Labute approximate surface area is 119 Å². The van der Waals surface area contributed by atoms with Gasteiger partial charge in [-0.25, -0.2) is 0 Å². The molecule has 0 saturated carbocycles. The molecule has 0 bridgehead atoms. The van der Waals surface area contributed by atoms with Crippen LogP contribution < -0.4 is 0 Å². The summed E-state index contributed by atoms with van der Waals surface area (Å²) in [7, 11) is 0. The summed E-state index contributed by atoms with van der Waals surface area (Å²) in [6.07, 6.45) is 24.0. The molecule has 0 heterocycles. The van der Waals surface area contributed by atoms with Gasteiger partial charge >= 0.3 is 0 Å². The molecule has 0 saturated heterocycles. The van der Waals surface area contributed by atoms with Gasteiger partial charge in [0.15, 0.2) is 0 Å². The van der Waals surface area contributed by atoms with Crippen LogP contribution in [0.1, 0.15) is 52.4 Å². The zero-order valence-electron chi connectivity index (χ0n) is 12.5. The molecule has 0 nitrogen and oxygen atoms in total. The van der Waals surface area contributed by atoms with Gasteiger partial charge in [0.1, 0.15) is 0 Å². The van der Waals surface area contributed by atoms with E-state index in [1.54, 1.807) is 5.57 Å². The van der Waals surface area contributed by atoms with Crippen molar-refractivity contribution in [2.75, 3.05) is 0 Å². The first-order valence-corrected chi connectivity index (χ1v) is 8.03. The topological polar surface area (TPSA) is 0 Å². The first-order chi connectivity index (χ1) is 9.33. The van der Waals surface area contributed by atoms with E-state index in [0.717, 1.165) is 17.8 Å². The third kappa shape index (κ3) is 4.23. The Balaban J connectivity index is 1.83. The van der Waals surface area contributed by atoms with Gasteiger partial charge in [0.25, 0.3) is 0 Å². The minimum Gasteiger partial charge on any atom is -0.0839 e. The van der Waals surface area contributed by atoms with Crippen molar-refractivity contribution in [3.05, 3.63) is 48.1 Å². The lowest BCUT2D eigenvalue weighted by atomic mass is 9.79. The summed E-state index contributed by atoms with van der Waals surface area (Å²) in [6.45, 7) is 4.65. The summed E-state index contributed by atoms with van der Waals surface area (Å²) < 4.78 is 0. The summed E-state index contributed by atoms with van der Waals surface area (Å²) in [5, 5.41) is 0. The van der Waals surface area contributed by atoms with Gasteiger partial charge in [-0.15, -0.1) is 0 Å². The molecule has 0 N–H and O–H groups in total. The highest BCUT2D eigenvalue weighted by Gasteiger charge is 2.20. The lowest BCUT2D eigenvalue weighted by molar-refractivity contribution is 0.430. The summed E-state index contributed by atoms with van der Waals surface area (Å²) >= 11 is 0. The molecule has 0 spiro atoms. The van der Waals surface area contributed by atoms with Crippen molar-refractivity contribution < 1.29 is 0 Å². The molecule has 0 amide bonds. The monoisotopic (exact) mass is 256 g/mol. The van der Waals surface area contributed by atoms with E-state index in [4.69, 9.17) is 0 Å². The molecule has 0 aromatic heterocycles. The molecule has 0 aliphatic heterocycles. The number of rotatable bonds is 6. The molecule has 2 unspecified atom stereocenters. The van der Waals surface area contributed by atoms with Crippen LogP contribution in [0.4, 0.5) is 0 Å². The van der Waals surface area contributed by atoms with Gasteiger partial charge in [-0.1, -0.05) is 74.8 Å². The fourth-order valence-corrected chi connectivity index (χ4v) is 3.26. The largest absolute Gasteiger partial charge is 0.0839 e. The summed E-state index contributed by atoms with van der Waals surface area (Å²) in [5.74, 6) is 2.36. The predicted octanol–water partition coefficient (Wildman–Crippen LogP) is 5.84. The van der Waals surface area contributed by atoms with E-state index in [9.17, 15) is 0 Å². The fourth-order valence-electron chi connectivity index (χ4n) is 3.26. The maximum atomic E-state index is 2.41. The molecule has 2 atom stereocenters. The van der Waals surface area contributed by atoms with Crippen molar-refractivity contribution in [2.24, 2.45) is 17.8 Å². The third-order valence-corrected chi connectivity index (χ3v) is 4.78. The van der Waals surface area contributed by atoms with Crippen LogP contribution in [0.3, 0.4) is 0 Å². The zero-order valence-corrected chi connectivity index (χ0v) is 12.5. The number of allylic oxidation sites excluding steroid dienone is 8. The highest BCUT2D eigenvalue weighted by molar-refractivity contribution is 5.23. The van der Waals surface area contributed by atoms with Gasteiger partial charge in [-0.3, -0.25) is 0 Å².